The van der Waals surface area contributed by atoms with Crippen molar-refractivity contribution in [3.63, 3.8) is 0 Å². The van der Waals surface area contributed by atoms with Gasteiger partial charge < -0.3 is 15.4 Å². The van der Waals surface area contributed by atoms with E-state index in [0.29, 0.717) is 25.6 Å². The van der Waals surface area contributed by atoms with Crippen LogP contribution >= 0.6 is 0 Å². The molecular formula is C17H29N5O2. The van der Waals surface area contributed by atoms with E-state index in [4.69, 9.17) is 4.74 Å². The molecule has 0 saturated carbocycles. The molecule has 0 aromatic carbocycles. The summed E-state index contributed by atoms with van der Waals surface area (Å²) in [6.07, 6.45) is 0.732. The van der Waals surface area contributed by atoms with Gasteiger partial charge in [-0.25, -0.2) is 0 Å². The third-order valence-corrected chi connectivity index (χ3v) is 4.43. The van der Waals surface area contributed by atoms with Crippen LogP contribution in [0.15, 0.2) is 6.07 Å². The lowest BCUT2D eigenvalue weighted by Gasteiger charge is -2.22. The molecule has 2 aliphatic rings. The lowest BCUT2D eigenvalue weighted by Crippen LogP contribution is -2.47. The Labute approximate surface area is 143 Å². The molecule has 1 atom stereocenters. The molecule has 24 heavy (non-hydrogen) atoms. The predicted octanol–water partition coefficient (Wildman–Crippen LogP) is 0.349. The molecule has 1 fully saturated rings. The summed E-state index contributed by atoms with van der Waals surface area (Å²) in [6.45, 7) is 11.1. The summed E-state index contributed by atoms with van der Waals surface area (Å²) in [5.41, 5.74) is 2.17. The van der Waals surface area contributed by atoms with Gasteiger partial charge in [0, 0.05) is 39.3 Å². The van der Waals surface area contributed by atoms with Crippen LogP contribution in [0.5, 0.6) is 0 Å². The number of amides is 1. The Balaban J connectivity index is 1.55. The molecule has 134 valence electrons. The Bertz CT molecular complexity index is 551. The Kier molecular flexibility index (Phi) is 5.86. The third kappa shape index (κ3) is 4.55. The van der Waals surface area contributed by atoms with Crippen LogP contribution in [0.4, 0.5) is 0 Å². The molecule has 1 amide bonds. The first-order chi connectivity index (χ1) is 11.6. The molecule has 0 spiro atoms. The maximum Gasteiger partial charge on any atom is 0.250 e. The smallest absolute Gasteiger partial charge is 0.250 e. The maximum atomic E-state index is 12.1. The number of ether oxygens (including phenoxy) is 1. The second-order valence-corrected chi connectivity index (χ2v) is 7.11. The fraction of sp³-hybridized carbons (Fsp3) is 0.765. The SMILES string of the molecule is CC(C)CN1CCCn2nc(CNC(=O)[C@H]3CNCCO3)cc2C1. The van der Waals surface area contributed by atoms with Gasteiger partial charge in [0.25, 0.3) is 5.91 Å². The number of aryl methyl sites for hydroxylation is 1. The fourth-order valence-corrected chi connectivity index (χ4v) is 3.37. The number of rotatable bonds is 5. The second kappa shape index (κ2) is 8.09. The average molecular weight is 335 g/mol. The number of nitrogens with one attached hydrogen (secondary N) is 2. The molecule has 0 bridgehead atoms. The van der Waals surface area contributed by atoms with Gasteiger partial charge in [-0.05, 0) is 18.4 Å². The number of morpholine rings is 1. The highest BCUT2D eigenvalue weighted by Crippen LogP contribution is 2.15. The Morgan fingerprint density at radius 1 is 1.50 bits per heavy atom. The minimum Gasteiger partial charge on any atom is -0.366 e. The van der Waals surface area contributed by atoms with E-state index in [1.54, 1.807) is 0 Å². The summed E-state index contributed by atoms with van der Waals surface area (Å²) in [4.78, 5) is 14.6. The van der Waals surface area contributed by atoms with E-state index in [0.717, 1.165) is 44.8 Å². The summed E-state index contributed by atoms with van der Waals surface area (Å²) in [6, 6.07) is 2.12. The van der Waals surface area contributed by atoms with Crippen molar-refractivity contribution in [1.82, 2.24) is 25.3 Å². The molecule has 0 aliphatic carbocycles. The molecule has 1 aromatic rings. The van der Waals surface area contributed by atoms with Crippen molar-refractivity contribution in [3.8, 4) is 0 Å². The molecule has 2 aliphatic heterocycles. The van der Waals surface area contributed by atoms with Crippen LogP contribution in [-0.4, -0.2) is 59.5 Å². The number of aromatic nitrogens is 2. The normalized spacial score (nSPS) is 22.2. The lowest BCUT2D eigenvalue weighted by atomic mass is 10.2. The zero-order valence-corrected chi connectivity index (χ0v) is 14.8. The quantitative estimate of drug-likeness (QED) is 0.812. The molecule has 0 radical (unpaired) electrons. The number of hydrogen-bond donors (Lipinski definition) is 2. The molecule has 0 unspecified atom stereocenters. The summed E-state index contributed by atoms with van der Waals surface area (Å²) in [7, 11) is 0. The molecule has 2 N–H and O–H groups in total. The molecule has 1 aromatic heterocycles. The lowest BCUT2D eigenvalue weighted by molar-refractivity contribution is -0.134. The van der Waals surface area contributed by atoms with Crippen LogP contribution in [0.2, 0.25) is 0 Å². The van der Waals surface area contributed by atoms with Crippen molar-refractivity contribution in [2.24, 2.45) is 5.92 Å². The second-order valence-electron chi connectivity index (χ2n) is 7.11. The van der Waals surface area contributed by atoms with E-state index in [9.17, 15) is 4.79 Å². The summed E-state index contributed by atoms with van der Waals surface area (Å²) >= 11 is 0. The standard InChI is InChI=1S/C17H29N5O2/c1-13(2)11-21-5-3-6-22-15(12-21)8-14(20-22)9-19-17(23)16-10-18-4-7-24-16/h8,13,16,18H,3-7,9-12H2,1-2H3,(H,19,23)/t16-/m1/s1. The van der Waals surface area contributed by atoms with Gasteiger partial charge in [0.1, 0.15) is 6.10 Å². The first kappa shape index (κ1) is 17.4. The summed E-state index contributed by atoms with van der Waals surface area (Å²) in [5, 5.41) is 10.8. The van der Waals surface area contributed by atoms with E-state index in [1.807, 2.05) is 0 Å². The first-order valence-corrected chi connectivity index (χ1v) is 9.00. The van der Waals surface area contributed by atoms with Crippen LogP contribution in [-0.2, 0) is 29.2 Å². The van der Waals surface area contributed by atoms with Crippen molar-refractivity contribution in [2.75, 3.05) is 32.8 Å². The van der Waals surface area contributed by atoms with Gasteiger partial charge in [0.15, 0.2) is 0 Å². The highest BCUT2D eigenvalue weighted by atomic mass is 16.5. The highest BCUT2D eigenvalue weighted by molar-refractivity contribution is 5.81. The van der Waals surface area contributed by atoms with E-state index in [1.165, 1.54) is 5.69 Å². The minimum atomic E-state index is -0.388. The zero-order chi connectivity index (χ0) is 16.9. The van der Waals surface area contributed by atoms with Gasteiger partial charge in [0.05, 0.1) is 24.5 Å². The molecule has 1 saturated heterocycles. The van der Waals surface area contributed by atoms with Gasteiger partial charge in [-0.2, -0.15) is 5.10 Å². The summed E-state index contributed by atoms with van der Waals surface area (Å²) in [5.74, 6) is 0.606. The third-order valence-electron chi connectivity index (χ3n) is 4.43. The van der Waals surface area contributed by atoms with Gasteiger partial charge in [-0.1, -0.05) is 13.8 Å². The monoisotopic (exact) mass is 335 g/mol. The molecule has 3 rings (SSSR count). The molecule has 7 nitrogen and oxygen atoms in total. The van der Waals surface area contributed by atoms with E-state index in [-0.39, 0.29) is 12.0 Å². The zero-order valence-electron chi connectivity index (χ0n) is 14.8. The van der Waals surface area contributed by atoms with Gasteiger partial charge in [0.2, 0.25) is 0 Å². The Morgan fingerprint density at radius 2 is 2.38 bits per heavy atom. The summed E-state index contributed by atoms with van der Waals surface area (Å²) < 4.78 is 7.57. The number of carbonyl (C=O) groups excluding carboxylic acids is 1. The minimum absolute atomic E-state index is 0.0631. The van der Waals surface area contributed by atoms with E-state index >= 15 is 0 Å². The maximum absolute atomic E-state index is 12.1. The molecule has 7 heteroatoms. The predicted molar refractivity (Wildman–Crippen MR) is 91.4 cm³/mol. The van der Waals surface area contributed by atoms with Crippen LogP contribution < -0.4 is 10.6 Å². The van der Waals surface area contributed by atoms with Crippen molar-refractivity contribution < 1.29 is 9.53 Å². The number of hydrogen-bond acceptors (Lipinski definition) is 5. The topological polar surface area (TPSA) is 71.4 Å². The van der Waals surface area contributed by atoms with Crippen molar-refractivity contribution in [3.05, 3.63) is 17.5 Å². The Morgan fingerprint density at radius 3 is 3.12 bits per heavy atom. The molecule has 3 heterocycles. The van der Waals surface area contributed by atoms with Crippen LogP contribution in [0.3, 0.4) is 0 Å². The van der Waals surface area contributed by atoms with Crippen LogP contribution in [0.1, 0.15) is 31.7 Å². The van der Waals surface area contributed by atoms with Crippen molar-refractivity contribution >= 4 is 5.91 Å². The van der Waals surface area contributed by atoms with Gasteiger partial charge in [-0.15, -0.1) is 0 Å². The number of fused-ring (bicyclic) bond motifs is 1. The average Bonchev–Trinajstić information content (AvgIpc) is 2.85. The van der Waals surface area contributed by atoms with E-state index < -0.39 is 0 Å². The number of nitrogens with zero attached hydrogens (tertiary/aromatic N) is 3. The fourth-order valence-electron chi connectivity index (χ4n) is 3.37. The van der Waals surface area contributed by atoms with E-state index in [2.05, 4.69) is 45.2 Å². The number of carbonyl (C=O) groups is 1. The molecular weight excluding hydrogens is 306 g/mol. The largest absolute Gasteiger partial charge is 0.366 e. The highest BCUT2D eigenvalue weighted by Gasteiger charge is 2.22. The first-order valence-electron chi connectivity index (χ1n) is 9.00. The van der Waals surface area contributed by atoms with Gasteiger partial charge >= 0.3 is 0 Å². The van der Waals surface area contributed by atoms with Crippen molar-refractivity contribution in [2.45, 2.75) is 46.0 Å². The Hall–Kier alpha value is -1.44. The van der Waals surface area contributed by atoms with Gasteiger partial charge in [-0.3, -0.25) is 14.4 Å². The van der Waals surface area contributed by atoms with Crippen LogP contribution in [0.25, 0.3) is 0 Å². The van der Waals surface area contributed by atoms with Crippen LogP contribution in [0, 0.1) is 5.92 Å². The van der Waals surface area contributed by atoms with Crippen molar-refractivity contribution in [1.29, 1.82) is 0 Å².